The van der Waals surface area contributed by atoms with E-state index in [2.05, 4.69) is 10.3 Å². The lowest BCUT2D eigenvalue weighted by Gasteiger charge is -2.23. The van der Waals surface area contributed by atoms with Gasteiger partial charge in [-0.1, -0.05) is 0 Å². The van der Waals surface area contributed by atoms with Gasteiger partial charge in [0.2, 0.25) is 0 Å². The van der Waals surface area contributed by atoms with Crippen molar-refractivity contribution in [3.8, 4) is 11.5 Å². The van der Waals surface area contributed by atoms with Crippen LogP contribution in [0.5, 0.6) is 11.5 Å². The zero-order valence-corrected chi connectivity index (χ0v) is 14.3. The van der Waals surface area contributed by atoms with Crippen LogP contribution in [0.15, 0.2) is 53.6 Å². The van der Waals surface area contributed by atoms with E-state index < -0.39 is 0 Å². The lowest BCUT2D eigenvalue weighted by molar-refractivity contribution is 0.333. The summed E-state index contributed by atoms with van der Waals surface area (Å²) >= 11 is 0. The number of aromatic nitrogens is 2. The first-order valence-electron chi connectivity index (χ1n) is 8.82. The molecule has 0 radical (unpaired) electrons. The van der Waals surface area contributed by atoms with Crippen LogP contribution in [0.1, 0.15) is 12.8 Å². The summed E-state index contributed by atoms with van der Waals surface area (Å²) in [6, 6.07) is 11.0. The fourth-order valence-corrected chi connectivity index (χ4v) is 3.33. The van der Waals surface area contributed by atoms with Crippen molar-refractivity contribution in [2.45, 2.75) is 19.4 Å². The van der Waals surface area contributed by atoms with E-state index in [-0.39, 0.29) is 11.4 Å². The van der Waals surface area contributed by atoms with Crippen molar-refractivity contribution in [2.24, 2.45) is 5.92 Å². The first-order valence-corrected chi connectivity index (χ1v) is 8.82. The molecule has 1 fully saturated rings. The van der Waals surface area contributed by atoms with Gasteiger partial charge in [-0.3, -0.25) is 9.36 Å². The lowest BCUT2D eigenvalue weighted by atomic mass is 10.00. The Hall–Kier alpha value is -2.73. The molecule has 1 aliphatic heterocycles. The fraction of sp³-hybridized carbons (Fsp3) is 0.300. The Bertz CT molecular complexity index is 963. The van der Waals surface area contributed by atoms with Gasteiger partial charge in [0.25, 0.3) is 5.56 Å². The molecule has 134 valence electrons. The molecule has 1 aromatic heterocycles. The molecule has 4 rings (SSSR count). The molecule has 6 heteroatoms. The summed E-state index contributed by atoms with van der Waals surface area (Å²) in [7, 11) is 0. The highest BCUT2D eigenvalue weighted by Crippen LogP contribution is 2.24. The molecule has 0 bridgehead atoms. The molecule has 0 amide bonds. The first kappa shape index (κ1) is 16.7. The van der Waals surface area contributed by atoms with Gasteiger partial charge in [-0.2, -0.15) is 0 Å². The van der Waals surface area contributed by atoms with Crippen molar-refractivity contribution in [3.05, 3.63) is 65.0 Å². The molecule has 26 heavy (non-hydrogen) atoms. The number of nitrogens with one attached hydrogen (secondary N) is 1. The molecule has 0 saturated carbocycles. The monoisotopic (exact) mass is 353 g/mol. The van der Waals surface area contributed by atoms with E-state index in [0.717, 1.165) is 25.9 Å². The maximum absolute atomic E-state index is 13.0. The van der Waals surface area contributed by atoms with Gasteiger partial charge in [-0.05, 0) is 74.3 Å². The Morgan fingerprint density at radius 2 is 2.00 bits per heavy atom. The molecular formula is C20H20FN3O2. The maximum Gasteiger partial charge on any atom is 0.261 e. The minimum absolute atomic E-state index is 0.0647. The Morgan fingerprint density at radius 3 is 2.77 bits per heavy atom. The van der Waals surface area contributed by atoms with Gasteiger partial charge in [0.15, 0.2) is 0 Å². The van der Waals surface area contributed by atoms with Crippen LogP contribution < -0.4 is 15.6 Å². The lowest BCUT2D eigenvalue weighted by Crippen LogP contribution is -2.34. The van der Waals surface area contributed by atoms with Gasteiger partial charge in [-0.25, -0.2) is 9.37 Å². The van der Waals surface area contributed by atoms with E-state index in [1.807, 2.05) is 0 Å². The number of rotatable bonds is 4. The van der Waals surface area contributed by atoms with Gasteiger partial charge in [0.1, 0.15) is 17.3 Å². The zero-order valence-electron chi connectivity index (χ0n) is 14.3. The van der Waals surface area contributed by atoms with Crippen LogP contribution >= 0.6 is 0 Å². The van der Waals surface area contributed by atoms with E-state index in [0.29, 0.717) is 34.9 Å². The highest BCUT2D eigenvalue weighted by Gasteiger charge is 2.15. The minimum atomic E-state index is -0.319. The third-order valence-corrected chi connectivity index (χ3v) is 4.70. The summed E-state index contributed by atoms with van der Waals surface area (Å²) in [5.74, 6) is 1.17. The predicted octanol–water partition coefficient (Wildman–Crippen LogP) is 3.33. The Labute approximate surface area is 150 Å². The summed E-state index contributed by atoms with van der Waals surface area (Å²) < 4.78 is 20.4. The molecule has 1 aliphatic rings. The molecule has 3 aromatic rings. The second-order valence-electron chi connectivity index (χ2n) is 6.65. The highest BCUT2D eigenvalue weighted by atomic mass is 19.1. The van der Waals surface area contributed by atoms with Crippen molar-refractivity contribution in [1.82, 2.24) is 14.9 Å². The summed E-state index contributed by atoms with van der Waals surface area (Å²) in [5.41, 5.74) is 0.574. The number of halogens is 1. The average molecular weight is 353 g/mol. The largest absolute Gasteiger partial charge is 0.457 e. The zero-order chi connectivity index (χ0) is 17.9. The van der Waals surface area contributed by atoms with Crippen LogP contribution in [0.2, 0.25) is 0 Å². The van der Waals surface area contributed by atoms with E-state index in [1.165, 1.54) is 12.1 Å². The van der Waals surface area contributed by atoms with Crippen LogP contribution in [0.4, 0.5) is 4.39 Å². The first-order chi connectivity index (χ1) is 12.7. The van der Waals surface area contributed by atoms with E-state index in [9.17, 15) is 9.18 Å². The molecule has 1 N–H and O–H groups in total. The topological polar surface area (TPSA) is 56.1 Å². The number of ether oxygens (including phenoxy) is 1. The molecule has 5 nitrogen and oxygen atoms in total. The van der Waals surface area contributed by atoms with Crippen LogP contribution in [0.25, 0.3) is 10.9 Å². The number of nitrogens with zero attached hydrogens (tertiary/aromatic N) is 2. The fourth-order valence-electron chi connectivity index (χ4n) is 3.33. The molecule has 0 unspecified atom stereocenters. The molecular weight excluding hydrogens is 333 g/mol. The Balaban J connectivity index is 1.62. The molecule has 2 aromatic carbocycles. The van der Waals surface area contributed by atoms with Gasteiger partial charge in [-0.15, -0.1) is 0 Å². The second-order valence-corrected chi connectivity index (χ2v) is 6.65. The van der Waals surface area contributed by atoms with Gasteiger partial charge >= 0.3 is 0 Å². The van der Waals surface area contributed by atoms with Crippen molar-refractivity contribution >= 4 is 10.9 Å². The molecule has 0 spiro atoms. The highest BCUT2D eigenvalue weighted by molar-refractivity contribution is 5.79. The van der Waals surface area contributed by atoms with Crippen molar-refractivity contribution < 1.29 is 9.13 Å². The normalized spacial score (nSPS) is 17.3. The van der Waals surface area contributed by atoms with Gasteiger partial charge in [0, 0.05) is 6.54 Å². The summed E-state index contributed by atoms with van der Waals surface area (Å²) in [4.78, 5) is 17.3. The van der Waals surface area contributed by atoms with Gasteiger partial charge in [0.05, 0.1) is 17.2 Å². The summed E-state index contributed by atoms with van der Waals surface area (Å²) in [6.07, 6.45) is 3.88. The van der Waals surface area contributed by atoms with Crippen LogP contribution in [0.3, 0.4) is 0 Å². The second kappa shape index (κ2) is 7.25. The van der Waals surface area contributed by atoms with Crippen molar-refractivity contribution in [1.29, 1.82) is 0 Å². The molecule has 0 aliphatic carbocycles. The number of hydrogen-bond donors (Lipinski definition) is 1. The minimum Gasteiger partial charge on any atom is -0.457 e. The van der Waals surface area contributed by atoms with E-state index in [4.69, 9.17) is 4.74 Å². The SMILES string of the molecule is O=c1c2cc(Oc3ccc(F)cc3)ccc2ncn1C[C@H]1CCCNC1. The van der Waals surface area contributed by atoms with Crippen molar-refractivity contribution in [3.63, 3.8) is 0 Å². The molecule has 1 atom stereocenters. The van der Waals surface area contributed by atoms with Gasteiger partial charge < -0.3 is 10.1 Å². The summed E-state index contributed by atoms with van der Waals surface area (Å²) in [5, 5.41) is 3.89. The van der Waals surface area contributed by atoms with Crippen LogP contribution in [-0.2, 0) is 6.54 Å². The van der Waals surface area contributed by atoms with Crippen LogP contribution in [-0.4, -0.2) is 22.6 Å². The van der Waals surface area contributed by atoms with Crippen LogP contribution in [0, 0.1) is 11.7 Å². The Morgan fingerprint density at radius 1 is 1.19 bits per heavy atom. The number of benzene rings is 2. The number of piperidine rings is 1. The van der Waals surface area contributed by atoms with Crippen molar-refractivity contribution in [2.75, 3.05) is 13.1 Å². The average Bonchev–Trinajstić information content (AvgIpc) is 2.67. The van der Waals surface area contributed by atoms with E-state index >= 15 is 0 Å². The van der Waals surface area contributed by atoms with E-state index in [1.54, 1.807) is 41.2 Å². The smallest absolute Gasteiger partial charge is 0.261 e. The Kier molecular flexibility index (Phi) is 4.67. The predicted molar refractivity (Wildman–Crippen MR) is 98.1 cm³/mol. The third-order valence-electron chi connectivity index (χ3n) is 4.70. The standard InChI is InChI=1S/C20H20FN3O2/c21-15-3-5-16(6-4-15)26-17-7-8-19-18(10-17)20(25)24(13-23-19)12-14-2-1-9-22-11-14/h3-8,10,13-14,22H,1-2,9,11-12H2/t14-/m0/s1. The maximum atomic E-state index is 13.0. The number of fused-ring (bicyclic) bond motifs is 1. The quantitative estimate of drug-likeness (QED) is 0.782. The summed E-state index contributed by atoms with van der Waals surface area (Å²) in [6.45, 7) is 2.64. The third kappa shape index (κ3) is 3.60. The molecule has 1 saturated heterocycles. The number of hydrogen-bond acceptors (Lipinski definition) is 4. The molecule has 2 heterocycles.